The zero-order valence-corrected chi connectivity index (χ0v) is 11.6. The van der Waals surface area contributed by atoms with E-state index in [1.54, 1.807) is 18.2 Å². The number of thioether (sulfide) groups is 1. The van der Waals surface area contributed by atoms with Crippen LogP contribution in [-0.2, 0) is 4.79 Å². The average molecular weight is 295 g/mol. The maximum Gasteiger partial charge on any atom is 0.277 e. The van der Waals surface area contributed by atoms with Crippen LogP contribution in [0, 0.1) is 0 Å². The van der Waals surface area contributed by atoms with E-state index in [1.807, 2.05) is 0 Å². The summed E-state index contributed by atoms with van der Waals surface area (Å²) in [5.74, 6) is -0.0212. The minimum Gasteiger partial charge on any atom is -0.549 e. The van der Waals surface area contributed by atoms with Crippen LogP contribution in [0.15, 0.2) is 27.8 Å². The molecule has 0 atom stereocenters. The summed E-state index contributed by atoms with van der Waals surface area (Å²) in [5.41, 5.74) is 0.619. The molecule has 8 heteroatoms. The molecule has 0 aliphatic heterocycles. The number of aromatic nitrogens is 2. The van der Waals surface area contributed by atoms with Crippen molar-refractivity contribution in [1.29, 1.82) is 0 Å². The van der Waals surface area contributed by atoms with Crippen molar-refractivity contribution >= 4 is 17.7 Å². The van der Waals surface area contributed by atoms with Gasteiger partial charge in [0.15, 0.2) is 0 Å². The summed E-state index contributed by atoms with van der Waals surface area (Å²) < 4.78 is 15.6. The minimum absolute atomic E-state index is 0.158. The quantitative estimate of drug-likeness (QED) is 0.714. The van der Waals surface area contributed by atoms with Crippen molar-refractivity contribution in [3.8, 4) is 23.0 Å². The molecule has 0 aliphatic rings. The minimum atomic E-state index is -1.20. The zero-order chi connectivity index (χ0) is 14.5. The third-order valence-corrected chi connectivity index (χ3v) is 3.11. The zero-order valence-electron chi connectivity index (χ0n) is 10.8. The van der Waals surface area contributed by atoms with E-state index in [2.05, 4.69) is 10.2 Å². The van der Waals surface area contributed by atoms with Crippen LogP contribution >= 0.6 is 11.8 Å². The Morgan fingerprint density at radius 3 is 2.45 bits per heavy atom. The molecule has 0 amide bonds. The first kappa shape index (κ1) is 14.2. The number of aliphatic carboxylic acids is 1. The van der Waals surface area contributed by atoms with Crippen LogP contribution in [-0.4, -0.2) is 36.1 Å². The van der Waals surface area contributed by atoms with Gasteiger partial charge >= 0.3 is 0 Å². The number of methoxy groups -OCH3 is 2. The molecule has 0 saturated carbocycles. The normalized spacial score (nSPS) is 10.3. The molecular weight excluding hydrogens is 284 g/mol. The van der Waals surface area contributed by atoms with Crippen molar-refractivity contribution in [2.75, 3.05) is 20.0 Å². The monoisotopic (exact) mass is 295 g/mol. The Labute approximate surface area is 118 Å². The van der Waals surface area contributed by atoms with Gasteiger partial charge in [0.25, 0.3) is 5.22 Å². The molecule has 2 aromatic rings. The lowest BCUT2D eigenvalue weighted by atomic mass is 10.2. The van der Waals surface area contributed by atoms with Crippen molar-refractivity contribution in [3.63, 3.8) is 0 Å². The highest BCUT2D eigenvalue weighted by atomic mass is 32.2. The van der Waals surface area contributed by atoms with Crippen molar-refractivity contribution in [2.24, 2.45) is 0 Å². The van der Waals surface area contributed by atoms with E-state index in [9.17, 15) is 9.90 Å². The molecule has 0 saturated heterocycles. The second-order valence-electron chi connectivity index (χ2n) is 3.64. The Morgan fingerprint density at radius 1 is 1.25 bits per heavy atom. The Kier molecular flexibility index (Phi) is 4.46. The molecule has 0 unspecified atom stereocenters. The van der Waals surface area contributed by atoms with Crippen LogP contribution in [0.5, 0.6) is 11.5 Å². The summed E-state index contributed by atoms with van der Waals surface area (Å²) in [4.78, 5) is 10.4. The molecule has 0 radical (unpaired) electrons. The van der Waals surface area contributed by atoms with E-state index >= 15 is 0 Å². The first-order chi connectivity index (χ1) is 9.62. The van der Waals surface area contributed by atoms with E-state index in [0.717, 1.165) is 11.8 Å². The van der Waals surface area contributed by atoms with Gasteiger partial charge in [0.05, 0.1) is 20.2 Å². The predicted molar refractivity (Wildman–Crippen MR) is 68.6 cm³/mol. The number of hydrogen-bond donors (Lipinski definition) is 0. The summed E-state index contributed by atoms with van der Waals surface area (Å²) in [5, 5.41) is 18.1. The van der Waals surface area contributed by atoms with Crippen LogP contribution in [0.2, 0.25) is 0 Å². The smallest absolute Gasteiger partial charge is 0.277 e. The lowest BCUT2D eigenvalue weighted by Gasteiger charge is -2.05. The number of benzene rings is 1. The van der Waals surface area contributed by atoms with Gasteiger partial charge in [-0.15, -0.1) is 10.2 Å². The fourth-order valence-corrected chi connectivity index (χ4v) is 1.91. The highest BCUT2D eigenvalue weighted by Crippen LogP contribution is 2.30. The van der Waals surface area contributed by atoms with Crippen LogP contribution in [0.25, 0.3) is 11.5 Å². The Balaban J connectivity index is 2.24. The van der Waals surface area contributed by atoms with Gasteiger partial charge in [-0.05, 0) is 12.1 Å². The molecule has 0 N–H and O–H groups in total. The van der Waals surface area contributed by atoms with Gasteiger partial charge in [-0.25, -0.2) is 0 Å². The van der Waals surface area contributed by atoms with Gasteiger partial charge in [0.1, 0.15) is 11.5 Å². The number of nitrogens with zero attached hydrogens (tertiary/aromatic N) is 2. The van der Waals surface area contributed by atoms with Gasteiger partial charge in [0.2, 0.25) is 5.89 Å². The standard InChI is InChI=1S/C12H12N2O5S/c1-17-8-3-7(4-9(5-8)18-2)11-13-14-12(19-11)20-6-10(15)16/h3-5H,6H2,1-2H3,(H,15,16)/p-1. The van der Waals surface area contributed by atoms with E-state index in [1.165, 1.54) is 14.2 Å². The van der Waals surface area contributed by atoms with Crippen LogP contribution in [0.4, 0.5) is 0 Å². The highest BCUT2D eigenvalue weighted by Gasteiger charge is 2.12. The van der Waals surface area contributed by atoms with E-state index < -0.39 is 5.97 Å². The molecule has 20 heavy (non-hydrogen) atoms. The molecule has 1 heterocycles. The van der Waals surface area contributed by atoms with Crippen molar-refractivity contribution in [2.45, 2.75) is 5.22 Å². The summed E-state index contributed by atoms with van der Waals surface area (Å²) in [7, 11) is 3.07. The van der Waals surface area contributed by atoms with Gasteiger partial charge in [0, 0.05) is 17.4 Å². The molecule has 1 aromatic heterocycles. The van der Waals surface area contributed by atoms with Gasteiger partial charge in [-0.1, -0.05) is 11.8 Å². The van der Waals surface area contributed by atoms with Gasteiger partial charge in [-0.3, -0.25) is 0 Å². The van der Waals surface area contributed by atoms with E-state index in [4.69, 9.17) is 13.9 Å². The second kappa shape index (κ2) is 6.29. The number of hydrogen-bond acceptors (Lipinski definition) is 8. The van der Waals surface area contributed by atoms with Crippen molar-refractivity contribution in [1.82, 2.24) is 10.2 Å². The molecular formula is C12H11N2O5S-. The van der Waals surface area contributed by atoms with E-state index in [-0.39, 0.29) is 16.9 Å². The van der Waals surface area contributed by atoms with Crippen molar-refractivity contribution < 1.29 is 23.8 Å². The Morgan fingerprint density at radius 2 is 1.90 bits per heavy atom. The lowest BCUT2D eigenvalue weighted by molar-refractivity contribution is -0.301. The first-order valence-electron chi connectivity index (χ1n) is 5.52. The van der Waals surface area contributed by atoms with Crippen LogP contribution in [0.3, 0.4) is 0 Å². The lowest BCUT2D eigenvalue weighted by Crippen LogP contribution is -2.24. The molecule has 7 nitrogen and oxygen atoms in total. The number of ether oxygens (including phenoxy) is 2. The summed E-state index contributed by atoms with van der Waals surface area (Å²) in [6.45, 7) is 0. The van der Waals surface area contributed by atoms with Gasteiger partial charge < -0.3 is 23.8 Å². The Bertz CT molecular complexity index is 591. The fraction of sp³-hybridized carbons (Fsp3) is 0.250. The maximum absolute atomic E-state index is 10.4. The maximum atomic E-state index is 10.4. The molecule has 1 aromatic carbocycles. The number of carbonyl (C=O) groups is 1. The third kappa shape index (κ3) is 3.41. The summed E-state index contributed by atoms with van der Waals surface area (Å²) in [6, 6.07) is 5.14. The van der Waals surface area contributed by atoms with Crippen molar-refractivity contribution in [3.05, 3.63) is 18.2 Å². The number of carboxylic acid groups (broad SMARTS) is 1. The molecule has 0 fully saturated rings. The average Bonchev–Trinajstić information content (AvgIpc) is 2.93. The number of carbonyl (C=O) groups excluding carboxylic acids is 1. The second-order valence-corrected chi connectivity index (χ2v) is 4.56. The van der Waals surface area contributed by atoms with Crippen LogP contribution < -0.4 is 14.6 Å². The van der Waals surface area contributed by atoms with Gasteiger partial charge in [-0.2, -0.15) is 0 Å². The predicted octanol–water partition coefficient (Wildman–Crippen LogP) is 0.596. The SMILES string of the molecule is COc1cc(OC)cc(-c2nnc(SCC(=O)[O-])o2)c1. The summed E-state index contributed by atoms with van der Waals surface area (Å²) >= 11 is 0.899. The van der Waals surface area contributed by atoms with E-state index in [0.29, 0.717) is 17.1 Å². The molecule has 2 rings (SSSR count). The first-order valence-corrected chi connectivity index (χ1v) is 6.50. The van der Waals surface area contributed by atoms with Crippen LogP contribution in [0.1, 0.15) is 0 Å². The number of rotatable bonds is 6. The summed E-state index contributed by atoms with van der Waals surface area (Å²) in [6.07, 6.45) is 0. The molecule has 0 spiro atoms. The fourth-order valence-electron chi connectivity index (χ4n) is 1.44. The molecule has 0 aliphatic carbocycles. The largest absolute Gasteiger partial charge is 0.549 e. The molecule has 0 bridgehead atoms. The topological polar surface area (TPSA) is 97.5 Å². The third-order valence-electron chi connectivity index (χ3n) is 2.32. The highest BCUT2D eigenvalue weighted by molar-refractivity contribution is 7.99. The molecule has 106 valence electrons. The Hall–Kier alpha value is -2.22. The number of carboxylic acids is 1.